The number of hydrogen-bond donors (Lipinski definition) is 0. The van der Waals surface area contributed by atoms with Crippen LogP contribution in [-0.4, -0.2) is 40.5 Å². The Morgan fingerprint density at radius 2 is 2.04 bits per heavy atom. The Balaban J connectivity index is 1.74. The number of hydrogen-bond acceptors (Lipinski definition) is 4. The third-order valence-electron chi connectivity index (χ3n) is 4.36. The summed E-state index contributed by atoms with van der Waals surface area (Å²) in [6, 6.07) is 3.84. The smallest absolute Gasteiger partial charge is 0.214 e. The van der Waals surface area contributed by atoms with Gasteiger partial charge in [-0.1, -0.05) is 0 Å². The van der Waals surface area contributed by atoms with Crippen molar-refractivity contribution in [2.75, 3.05) is 13.2 Å². The molecular weight excluding hydrogens is 312 g/mol. The van der Waals surface area contributed by atoms with Gasteiger partial charge in [-0.05, 0) is 39.8 Å². The first-order chi connectivity index (χ1) is 11.3. The molecule has 0 bridgehead atoms. The molecule has 130 valence electrons. The Kier molecular flexibility index (Phi) is 4.24. The zero-order valence-corrected chi connectivity index (χ0v) is 14.5. The van der Waals surface area contributed by atoms with Gasteiger partial charge in [0.25, 0.3) is 0 Å². The zero-order valence-electron chi connectivity index (χ0n) is 14.5. The Hall–Kier alpha value is -2.11. The molecule has 6 heteroatoms. The fourth-order valence-corrected chi connectivity index (χ4v) is 3.52. The molecule has 2 heterocycles. The number of benzene rings is 1. The van der Waals surface area contributed by atoms with Crippen LogP contribution in [0.15, 0.2) is 35.1 Å². The molecule has 1 aromatic carbocycles. The highest BCUT2D eigenvalue weighted by Gasteiger charge is 2.42. The van der Waals surface area contributed by atoms with E-state index in [0.29, 0.717) is 24.2 Å². The van der Waals surface area contributed by atoms with Gasteiger partial charge in [-0.15, -0.1) is 0 Å². The van der Waals surface area contributed by atoms with E-state index in [1.54, 1.807) is 0 Å². The average Bonchev–Trinajstić information content (AvgIpc) is 2.75. The fourth-order valence-electron chi connectivity index (χ4n) is 3.52. The summed E-state index contributed by atoms with van der Waals surface area (Å²) in [6.07, 6.45) is 1.90. The SMILES string of the molecule is CC(C)N1C2=CC(OCc3ccc(F)cc3F)=NCN2CC1(C)C. The second-order valence-electron chi connectivity index (χ2n) is 7.14. The standard InChI is InChI=1S/C18H23F2N3O/c1-12(2)23-17-8-16(21-11-22(17)10-18(23,3)4)24-9-13-5-6-14(19)7-15(13)20/h5-8,12H,9-11H2,1-4H3. The van der Waals surface area contributed by atoms with Crippen molar-refractivity contribution in [1.29, 1.82) is 0 Å². The van der Waals surface area contributed by atoms with E-state index >= 15 is 0 Å². The molecule has 2 aliphatic heterocycles. The average molecular weight is 335 g/mol. The van der Waals surface area contributed by atoms with Crippen LogP contribution in [0.25, 0.3) is 0 Å². The molecule has 3 rings (SSSR count). The Morgan fingerprint density at radius 3 is 2.71 bits per heavy atom. The number of fused-ring (bicyclic) bond motifs is 1. The van der Waals surface area contributed by atoms with Gasteiger partial charge in [0.15, 0.2) is 0 Å². The molecule has 2 aliphatic rings. The van der Waals surface area contributed by atoms with Crippen LogP contribution in [0.5, 0.6) is 0 Å². The summed E-state index contributed by atoms with van der Waals surface area (Å²) < 4.78 is 32.3. The molecule has 0 spiro atoms. The summed E-state index contributed by atoms with van der Waals surface area (Å²) in [5, 5.41) is 0. The van der Waals surface area contributed by atoms with Crippen molar-refractivity contribution in [3.05, 3.63) is 47.3 Å². The minimum absolute atomic E-state index is 0.0219. The van der Waals surface area contributed by atoms with E-state index in [1.807, 2.05) is 6.08 Å². The summed E-state index contributed by atoms with van der Waals surface area (Å²) in [7, 11) is 0. The van der Waals surface area contributed by atoms with Crippen molar-refractivity contribution in [1.82, 2.24) is 9.80 Å². The second kappa shape index (κ2) is 6.07. The topological polar surface area (TPSA) is 28.1 Å². The number of aliphatic imine (C=N–C) groups is 1. The molecule has 1 fully saturated rings. The van der Waals surface area contributed by atoms with Gasteiger partial charge in [-0.2, -0.15) is 0 Å². The Morgan fingerprint density at radius 1 is 1.29 bits per heavy atom. The van der Waals surface area contributed by atoms with Gasteiger partial charge in [0, 0.05) is 30.3 Å². The maximum atomic E-state index is 13.7. The van der Waals surface area contributed by atoms with Gasteiger partial charge < -0.3 is 14.5 Å². The summed E-state index contributed by atoms with van der Waals surface area (Å²) in [5.41, 5.74) is 0.334. The number of ether oxygens (including phenoxy) is 1. The molecule has 0 N–H and O–H groups in total. The minimum atomic E-state index is -0.605. The predicted octanol–water partition coefficient (Wildman–Crippen LogP) is 3.50. The monoisotopic (exact) mass is 335 g/mol. The zero-order chi connectivity index (χ0) is 17.5. The van der Waals surface area contributed by atoms with E-state index < -0.39 is 11.6 Å². The molecular formula is C18H23F2N3O. The molecule has 0 aliphatic carbocycles. The van der Waals surface area contributed by atoms with Crippen LogP contribution in [0.1, 0.15) is 33.3 Å². The summed E-state index contributed by atoms with van der Waals surface area (Å²) in [4.78, 5) is 8.98. The normalized spacial score (nSPS) is 19.3. The van der Waals surface area contributed by atoms with Crippen molar-refractivity contribution in [2.45, 2.75) is 45.9 Å². The van der Waals surface area contributed by atoms with E-state index in [0.717, 1.165) is 18.4 Å². The van der Waals surface area contributed by atoms with Gasteiger partial charge in [0.2, 0.25) is 5.90 Å². The molecule has 0 aromatic heterocycles. The lowest BCUT2D eigenvalue weighted by Crippen LogP contribution is -2.43. The van der Waals surface area contributed by atoms with Gasteiger partial charge >= 0.3 is 0 Å². The van der Waals surface area contributed by atoms with Gasteiger partial charge in [0.1, 0.15) is 30.7 Å². The molecule has 24 heavy (non-hydrogen) atoms. The van der Waals surface area contributed by atoms with Crippen LogP contribution in [0.4, 0.5) is 8.78 Å². The lowest BCUT2D eigenvalue weighted by atomic mass is 10.0. The molecule has 0 amide bonds. The van der Waals surface area contributed by atoms with Crippen LogP contribution < -0.4 is 0 Å². The van der Waals surface area contributed by atoms with Crippen LogP contribution in [-0.2, 0) is 11.3 Å². The summed E-state index contributed by atoms with van der Waals surface area (Å²) in [6.45, 7) is 10.2. The predicted molar refractivity (Wildman–Crippen MR) is 89.3 cm³/mol. The first kappa shape index (κ1) is 16.7. The van der Waals surface area contributed by atoms with Crippen LogP contribution in [0.2, 0.25) is 0 Å². The quantitative estimate of drug-likeness (QED) is 0.846. The van der Waals surface area contributed by atoms with Gasteiger partial charge in [0.05, 0.1) is 5.54 Å². The highest BCUT2D eigenvalue weighted by atomic mass is 19.1. The molecule has 1 saturated heterocycles. The van der Waals surface area contributed by atoms with Crippen LogP contribution >= 0.6 is 0 Å². The van der Waals surface area contributed by atoms with E-state index in [1.165, 1.54) is 12.1 Å². The third-order valence-corrected chi connectivity index (χ3v) is 4.36. The van der Waals surface area contributed by atoms with Crippen molar-refractivity contribution in [2.24, 2.45) is 4.99 Å². The molecule has 0 atom stereocenters. The van der Waals surface area contributed by atoms with Crippen molar-refractivity contribution in [3.63, 3.8) is 0 Å². The first-order valence-electron chi connectivity index (χ1n) is 8.15. The van der Waals surface area contributed by atoms with Crippen LogP contribution in [0, 0.1) is 11.6 Å². The minimum Gasteiger partial charge on any atom is -0.473 e. The van der Waals surface area contributed by atoms with Crippen molar-refractivity contribution >= 4 is 5.90 Å². The maximum absolute atomic E-state index is 13.7. The first-order valence-corrected chi connectivity index (χ1v) is 8.15. The Labute approximate surface area is 141 Å². The molecule has 0 unspecified atom stereocenters. The number of rotatable bonds is 3. The largest absolute Gasteiger partial charge is 0.473 e. The van der Waals surface area contributed by atoms with E-state index in [-0.39, 0.29) is 12.1 Å². The lowest BCUT2D eigenvalue weighted by molar-refractivity contribution is 0.174. The van der Waals surface area contributed by atoms with Crippen molar-refractivity contribution in [3.8, 4) is 0 Å². The Bertz CT molecular complexity index is 698. The van der Waals surface area contributed by atoms with Crippen molar-refractivity contribution < 1.29 is 13.5 Å². The van der Waals surface area contributed by atoms with E-state index in [9.17, 15) is 8.78 Å². The van der Waals surface area contributed by atoms with Gasteiger partial charge in [-0.3, -0.25) is 0 Å². The van der Waals surface area contributed by atoms with Crippen LogP contribution in [0.3, 0.4) is 0 Å². The maximum Gasteiger partial charge on any atom is 0.214 e. The molecule has 4 nitrogen and oxygen atoms in total. The second-order valence-corrected chi connectivity index (χ2v) is 7.14. The third kappa shape index (κ3) is 3.09. The number of nitrogens with zero attached hydrogens (tertiary/aromatic N) is 3. The fraction of sp³-hybridized carbons (Fsp3) is 0.500. The highest BCUT2D eigenvalue weighted by molar-refractivity contribution is 5.89. The summed E-state index contributed by atoms with van der Waals surface area (Å²) in [5.74, 6) is 0.365. The summed E-state index contributed by atoms with van der Waals surface area (Å²) >= 11 is 0. The van der Waals surface area contributed by atoms with E-state index in [2.05, 4.69) is 42.5 Å². The van der Waals surface area contributed by atoms with Gasteiger partial charge in [-0.25, -0.2) is 13.8 Å². The number of halogens is 2. The lowest BCUT2D eigenvalue weighted by Gasteiger charge is -2.36. The molecule has 0 radical (unpaired) electrons. The highest BCUT2D eigenvalue weighted by Crippen LogP contribution is 2.35. The molecule has 0 saturated carbocycles. The van der Waals surface area contributed by atoms with E-state index in [4.69, 9.17) is 4.74 Å². The molecule has 1 aromatic rings.